The molecule has 0 heterocycles. The van der Waals surface area contributed by atoms with Gasteiger partial charge in [0, 0.05) is 12.0 Å². The maximum absolute atomic E-state index is 12.1. The second-order valence-electron chi connectivity index (χ2n) is 4.56. The van der Waals surface area contributed by atoms with E-state index in [1.54, 1.807) is 0 Å². The van der Waals surface area contributed by atoms with Gasteiger partial charge in [0.25, 0.3) is 5.78 Å². The average molecular weight is 308 g/mol. The van der Waals surface area contributed by atoms with Gasteiger partial charge in [0.05, 0.1) is 19.5 Å². The van der Waals surface area contributed by atoms with Crippen molar-refractivity contribution in [1.82, 2.24) is 0 Å². The third-order valence-corrected chi connectivity index (χ3v) is 3.01. The lowest BCUT2D eigenvalue weighted by atomic mass is 10.0. The number of ether oxygens (including phenoxy) is 2. The van der Waals surface area contributed by atoms with Crippen molar-refractivity contribution in [2.45, 2.75) is 39.3 Å². The van der Waals surface area contributed by atoms with Gasteiger partial charge in [-0.25, -0.2) is 4.79 Å². The Hall–Kier alpha value is -2.18. The number of rotatable bonds is 9. The van der Waals surface area contributed by atoms with Crippen LogP contribution in [0.25, 0.3) is 0 Å². The van der Waals surface area contributed by atoms with E-state index in [1.165, 1.54) is 18.2 Å². The van der Waals surface area contributed by atoms with Crippen LogP contribution in [-0.4, -0.2) is 28.3 Å². The first kappa shape index (κ1) is 17.9. The number of carbonyl (C=O) groups is 2. The van der Waals surface area contributed by atoms with E-state index in [0.717, 1.165) is 6.26 Å². The first-order chi connectivity index (χ1) is 10.6. The zero-order valence-electron chi connectivity index (χ0n) is 12.4. The first-order valence-electron chi connectivity index (χ1n) is 6.92. The molecule has 1 rings (SSSR count). The molecular weight excluding hydrogens is 288 g/mol. The summed E-state index contributed by atoms with van der Waals surface area (Å²) in [6, 6.07) is 4.24. The van der Waals surface area contributed by atoms with Gasteiger partial charge in [-0.2, -0.15) is 0 Å². The highest BCUT2D eigenvalue weighted by molar-refractivity contribution is 6.40. The zero-order valence-corrected chi connectivity index (χ0v) is 12.4. The van der Waals surface area contributed by atoms with Gasteiger partial charge in [-0.15, -0.1) is 0 Å². The number of hydrogen-bond acceptors (Lipinski definition) is 6. The van der Waals surface area contributed by atoms with Crippen LogP contribution in [0.1, 0.15) is 41.3 Å². The van der Waals surface area contributed by atoms with Crippen molar-refractivity contribution in [3.05, 3.63) is 47.7 Å². The first-order valence-corrected chi connectivity index (χ1v) is 6.92. The topological polar surface area (TPSA) is 93.1 Å². The van der Waals surface area contributed by atoms with Crippen LogP contribution in [0.4, 0.5) is 0 Å². The third kappa shape index (κ3) is 4.68. The van der Waals surface area contributed by atoms with Crippen LogP contribution in [0.15, 0.2) is 31.0 Å². The fraction of sp³-hybridized carbons (Fsp3) is 0.375. The molecule has 0 radical (unpaired) electrons. The molecule has 0 amide bonds. The molecule has 22 heavy (non-hydrogen) atoms. The summed E-state index contributed by atoms with van der Waals surface area (Å²) in [6.45, 7) is 4.66. The number of aliphatic hydroxyl groups is 2. The van der Waals surface area contributed by atoms with Crippen molar-refractivity contribution in [3.8, 4) is 0 Å². The van der Waals surface area contributed by atoms with Gasteiger partial charge in [0.2, 0.25) is 6.29 Å². The number of ketones is 1. The number of Topliss-reactive ketones (excluding diaryl/α,β-unsaturated/α-hetero) is 1. The van der Waals surface area contributed by atoms with Crippen molar-refractivity contribution in [1.29, 1.82) is 0 Å². The Morgan fingerprint density at radius 3 is 2.50 bits per heavy atom. The van der Waals surface area contributed by atoms with E-state index >= 15 is 0 Å². The maximum Gasteiger partial charge on any atom is 0.382 e. The van der Waals surface area contributed by atoms with Crippen LogP contribution in [0, 0.1) is 0 Å². The number of aliphatic hydroxyl groups excluding tert-OH is 2. The molecule has 0 aliphatic carbocycles. The van der Waals surface area contributed by atoms with Crippen molar-refractivity contribution < 1.29 is 29.3 Å². The van der Waals surface area contributed by atoms with Gasteiger partial charge >= 0.3 is 5.97 Å². The number of hydrogen-bond donors (Lipinski definition) is 2. The highest BCUT2D eigenvalue weighted by Gasteiger charge is 2.23. The number of esters is 1. The molecule has 6 nitrogen and oxygen atoms in total. The van der Waals surface area contributed by atoms with Crippen LogP contribution in [0.5, 0.6) is 0 Å². The van der Waals surface area contributed by atoms with Crippen molar-refractivity contribution in [2.75, 3.05) is 0 Å². The van der Waals surface area contributed by atoms with E-state index in [0.29, 0.717) is 24.0 Å². The van der Waals surface area contributed by atoms with Crippen LogP contribution in [0.3, 0.4) is 0 Å². The predicted molar refractivity (Wildman–Crippen MR) is 78.7 cm³/mol. The normalized spacial score (nSPS) is 11.6. The summed E-state index contributed by atoms with van der Waals surface area (Å²) in [5.74, 6) is -1.88. The molecule has 120 valence electrons. The van der Waals surface area contributed by atoms with E-state index in [4.69, 9.17) is 14.6 Å². The van der Waals surface area contributed by atoms with E-state index in [2.05, 4.69) is 6.58 Å². The Morgan fingerprint density at radius 2 is 1.95 bits per heavy atom. The van der Waals surface area contributed by atoms with Gasteiger partial charge in [-0.1, -0.05) is 25.6 Å². The Morgan fingerprint density at radius 1 is 1.27 bits per heavy atom. The highest BCUT2D eigenvalue weighted by atomic mass is 16.7. The van der Waals surface area contributed by atoms with Gasteiger partial charge in [-0.3, -0.25) is 4.79 Å². The number of benzene rings is 1. The molecule has 0 aromatic heterocycles. The minimum atomic E-state index is -1.04. The lowest BCUT2D eigenvalue weighted by molar-refractivity contribution is -0.163. The molecular formula is C16H20O6. The molecule has 0 spiro atoms. The molecule has 0 saturated carbocycles. The van der Waals surface area contributed by atoms with E-state index in [1.807, 2.05) is 6.92 Å². The number of carbonyl (C=O) groups excluding carboxylic acids is 2. The average Bonchev–Trinajstić information content (AvgIpc) is 2.53. The second kappa shape index (κ2) is 8.96. The summed E-state index contributed by atoms with van der Waals surface area (Å²) >= 11 is 0. The predicted octanol–water partition coefficient (Wildman–Crippen LogP) is 1.68. The molecule has 1 unspecified atom stereocenters. The molecule has 0 bridgehead atoms. The lowest BCUT2D eigenvalue weighted by Crippen LogP contribution is -2.25. The minimum absolute atomic E-state index is 0.0834. The largest absolute Gasteiger partial charge is 0.463 e. The monoisotopic (exact) mass is 308 g/mol. The maximum atomic E-state index is 12.1. The lowest BCUT2D eigenvalue weighted by Gasteiger charge is -2.16. The SMILES string of the molecule is C=COC(CCC)OC(=O)C(=O)c1ccc(CO)c(CO)c1. The molecule has 2 N–H and O–H groups in total. The van der Waals surface area contributed by atoms with Gasteiger partial charge in [-0.05, 0) is 23.6 Å². The Bertz CT molecular complexity index is 537. The van der Waals surface area contributed by atoms with Gasteiger partial charge in [0.1, 0.15) is 0 Å². The standard InChI is InChI=1S/C16H20O6/c1-3-5-14(21-4-2)22-16(20)15(19)11-6-7-12(9-17)13(8-11)10-18/h4,6-8,14,17-18H,2-3,5,9-10H2,1H3. The molecule has 0 aliphatic heterocycles. The Labute approximate surface area is 129 Å². The fourth-order valence-electron chi connectivity index (χ4n) is 1.86. The fourth-order valence-corrected chi connectivity index (χ4v) is 1.86. The van der Waals surface area contributed by atoms with Crippen LogP contribution in [0.2, 0.25) is 0 Å². The summed E-state index contributed by atoms with van der Waals surface area (Å²) in [5.41, 5.74) is 0.958. The van der Waals surface area contributed by atoms with Crippen LogP contribution in [-0.2, 0) is 27.5 Å². The quantitative estimate of drug-likeness (QED) is 0.237. The molecule has 6 heteroatoms. The highest BCUT2D eigenvalue weighted by Crippen LogP contribution is 2.14. The van der Waals surface area contributed by atoms with E-state index < -0.39 is 18.0 Å². The third-order valence-electron chi connectivity index (χ3n) is 3.01. The summed E-state index contributed by atoms with van der Waals surface area (Å²) in [4.78, 5) is 23.9. The Balaban J connectivity index is 2.85. The molecule has 0 aliphatic rings. The molecule has 0 saturated heterocycles. The van der Waals surface area contributed by atoms with Crippen molar-refractivity contribution in [3.63, 3.8) is 0 Å². The van der Waals surface area contributed by atoms with Crippen molar-refractivity contribution >= 4 is 11.8 Å². The van der Waals surface area contributed by atoms with E-state index in [-0.39, 0.29) is 18.8 Å². The molecule has 0 fully saturated rings. The molecule has 1 aromatic carbocycles. The minimum Gasteiger partial charge on any atom is -0.463 e. The summed E-state index contributed by atoms with van der Waals surface area (Å²) < 4.78 is 10.00. The molecule has 1 aromatic rings. The molecule has 1 atom stereocenters. The van der Waals surface area contributed by atoms with Crippen LogP contribution < -0.4 is 0 Å². The van der Waals surface area contributed by atoms with Crippen molar-refractivity contribution in [2.24, 2.45) is 0 Å². The van der Waals surface area contributed by atoms with E-state index in [9.17, 15) is 14.7 Å². The Kier molecular flexibility index (Phi) is 7.28. The summed E-state index contributed by atoms with van der Waals surface area (Å²) in [6.07, 6.45) is 1.45. The summed E-state index contributed by atoms with van der Waals surface area (Å²) in [5, 5.41) is 18.3. The zero-order chi connectivity index (χ0) is 16.5. The summed E-state index contributed by atoms with van der Waals surface area (Å²) in [7, 11) is 0. The van der Waals surface area contributed by atoms with Gasteiger partial charge < -0.3 is 19.7 Å². The smallest absolute Gasteiger partial charge is 0.382 e. The van der Waals surface area contributed by atoms with Gasteiger partial charge in [0.15, 0.2) is 0 Å². The second-order valence-corrected chi connectivity index (χ2v) is 4.56. The van der Waals surface area contributed by atoms with Crippen LogP contribution >= 0.6 is 0 Å².